The lowest BCUT2D eigenvalue weighted by molar-refractivity contribution is 0.172. The molecule has 2 rings (SSSR count). The minimum atomic E-state index is 0.0889. The number of urea groups is 1. The van der Waals surface area contributed by atoms with Crippen LogP contribution in [0.4, 0.5) is 4.79 Å². The Labute approximate surface area is 78.5 Å². The van der Waals surface area contributed by atoms with E-state index in [1.54, 1.807) is 0 Å². The second kappa shape index (κ2) is 3.18. The zero-order valence-electron chi connectivity index (χ0n) is 7.88. The van der Waals surface area contributed by atoms with Crippen molar-refractivity contribution < 1.29 is 4.79 Å². The van der Waals surface area contributed by atoms with Crippen molar-refractivity contribution in [2.45, 2.75) is 19.3 Å². The molecule has 1 aliphatic carbocycles. The highest BCUT2D eigenvalue weighted by Gasteiger charge is 2.43. The first-order chi connectivity index (χ1) is 6.26. The number of rotatable bonds is 3. The minimum absolute atomic E-state index is 0.0889. The van der Waals surface area contributed by atoms with Crippen LogP contribution in [-0.2, 0) is 0 Å². The molecule has 3 N–H and O–H groups in total. The molecule has 1 aliphatic heterocycles. The van der Waals surface area contributed by atoms with E-state index in [1.165, 1.54) is 12.8 Å². The number of carbonyl (C=O) groups is 1. The van der Waals surface area contributed by atoms with E-state index in [9.17, 15) is 4.79 Å². The van der Waals surface area contributed by atoms with Crippen LogP contribution in [0.2, 0.25) is 0 Å². The van der Waals surface area contributed by atoms with E-state index < -0.39 is 0 Å². The Hall–Kier alpha value is -0.770. The molecular weight excluding hydrogens is 166 g/mol. The highest BCUT2D eigenvalue weighted by atomic mass is 16.2. The van der Waals surface area contributed by atoms with Gasteiger partial charge in [0, 0.05) is 25.0 Å². The van der Waals surface area contributed by atoms with Crippen LogP contribution in [0.25, 0.3) is 0 Å². The molecule has 1 saturated carbocycles. The van der Waals surface area contributed by atoms with E-state index in [-0.39, 0.29) is 11.4 Å². The van der Waals surface area contributed by atoms with Gasteiger partial charge in [-0.1, -0.05) is 0 Å². The molecule has 0 aromatic carbocycles. The topological polar surface area (TPSA) is 58.4 Å². The van der Waals surface area contributed by atoms with Crippen LogP contribution < -0.4 is 11.1 Å². The Bertz CT molecular complexity index is 213. The van der Waals surface area contributed by atoms with Gasteiger partial charge in [0.25, 0.3) is 0 Å². The number of nitrogens with zero attached hydrogens (tertiary/aromatic N) is 1. The van der Waals surface area contributed by atoms with Gasteiger partial charge in [-0.05, 0) is 25.8 Å². The Balaban J connectivity index is 1.89. The molecule has 0 radical (unpaired) electrons. The van der Waals surface area contributed by atoms with Gasteiger partial charge in [-0.3, -0.25) is 0 Å². The fourth-order valence-electron chi connectivity index (χ4n) is 1.84. The molecule has 0 unspecified atom stereocenters. The summed E-state index contributed by atoms with van der Waals surface area (Å²) in [6, 6.07) is 0.0889. The molecule has 1 saturated heterocycles. The largest absolute Gasteiger partial charge is 0.338 e. The minimum Gasteiger partial charge on any atom is -0.338 e. The average molecular weight is 183 g/mol. The third kappa shape index (κ3) is 1.77. The summed E-state index contributed by atoms with van der Waals surface area (Å²) in [6.45, 7) is 3.30. The highest BCUT2D eigenvalue weighted by molar-refractivity contribution is 5.74. The molecule has 1 heterocycles. The molecule has 2 amide bonds. The molecule has 0 atom stereocenters. The summed E-state index contributed by atoms with van der Waals surface area (Å²) < 4.78 is 0. The Morgan fingerprint density at radius 3 is 2.85 bits per heavy atom. The maximum Gasteiger partial charge on any atom is 0.317 e. The third-order valence-electron chi connectivity index (χ3n) is 3.08. The summed E-state index contributed by atoms with van der Waals surface area (Å²) >= 11 is 0. The Morgan fingerprint density at radius 2 is 2.31 bits per heavy atom. The van der Waals surface area contributed by atoms with Crippen molar-refractivity contribution in [3.63, 3.8) is 0 Å². The zero-order chi connectivity index (χ0) is 9.31. The summed E-state index contributed by atoms with van der Waals surface area (Å²) in [6.07, 6.45) is 3.44. The number of hydrogen-bond donors (Lipinski definition) is 2. The lowest BCUT2D eigenvalue weighted by Gasteiger charge is -2.30. The standard InChI is InChI=1S/C9H17N3O/c10-6-9(2-3-9)7-12-5-1-4-11-8(12)13/h1-7,10H2,(H,11,13). The second-order valence-corrected chi connectivity index (χ2v) is 4.21. The van der Waals surface area contributed by atoms with Crippen LogP contribution in [0.15, 0.2) is 0 Å². The second-order valence-electron chi connectivity index (χ2n) is 4.21. The first kappa shape index (κ1) is 8.81. The summed E-state index contributed by atoms with van der Waals surface area (Å²) in [7, 11) is 0. The molecule has 0 spiro atoms. The van der Waals surface area contributed by atoms with Crippen LogP contribution in [0, 0.1) is 5.41 Å². The van der Waals surface area contributed by atoms with Gasteiger partial charge >= 0.3 is 6.03 Å². The molecule has 2 aliphatic rings. The van der Waals surface area contributed by atoms with Crippen LogP contribution in [0.3, 0.4) is 0 Å². The Kier molecular flexibility index (Phi) is 2.15. The summed E-state index contributed by atoms with van der Waals surface area (Å²) in [4.78, 5) is 13.3. The first-order valence-electron chi connectivity index (χ1n) is 4.99. The summed E-state index contributed by atoms with van der Waals surface area (Å²) in [5.74, 6) is 0. The van der Waals surface area contributed by atoms with Crippen LogP contribution in [0.5, 0.6) is 0 Å². The van der Waals surface area contributed by atoms with Gasteiger partial charge in [-0.2, -0.15) is 0 Å². The lowest BCUT2D eigenvalue weighted by atomic mass is 10.1. The number of amides is 2. The zero-order valence-corrected chi connectivity index (χ0v) is 7.88. The predicted octanol–water partition coefficient (Wildman–Crippen LogP) is 0.141. The average Bonchev–Trinajstić information content (AvgIpc) is 2.90. The molecule has 74 valence electrons. The monoisotopic (exact) mass is 183 g/mol. The molecule has 2 fully saturated rings. The maximum absolute atomic E-state index is 11.4. The molecule has 13 heavy (non-hydrogen) atoms. The molecule has 4 nitrogen and oxygen atoms in total. The van der Waals surface area contributed by atoms with Gasteiger partial charge in [-0.15, -0.1) is 0 Å². The van der Waals surface area contributed by atoms with Crippen molar-refractivity contribution in [3.8, 4) is 0 Å². The summed E-state index contributed by atoms with van der Waals surface area (Å²) in [5, 5.41) is 2.85. The van der Waals surface area contributed by atoms with Crippen LogP contribution in [0.1, 0.15) is 19.3 Å². The van der Waals surface area contributed by atoms with Gasteiger partial charge < -0.3 is 16.0 Å². The smallest absolute Gasteiger partial charge is 0.317 e. The van der Waals surface area contributed by atoms with Crippen molar-refractivity contribution in [3.05, 3.63) is 0 Å². The van der Waals surface area contributed by atoms with Crippen LogP contribution in [-0.4, -0.2) is 37.1 Å². The normalized spacial score (nSPS) is 25.6. The van der Waals surface area contributed by atoms with Crippen molar-refractivity contribution >= 4 is 6.03 Å². The number of carbonyl (C=O) groups excluding carboxylic acids is 1. The molecule has 0 bridgehead atoms. The highest BCUT2D eigenvalue weighted by Crippen LogP contribution is 2.45. The van der Waals surface area contributed by atoms with E-state index in [2.05, 4.69) is 5.32 Å². The lowest BCUT2D eigenvalue weighted by Crippen LogP contribution is -2.49. The van der Waals surface area contributed by atoms with Crippen molar-refractivity contribution in [2.24, 2.45) is 11.1 Å². The van der Waals surface area contributed by atoms with E-state index >= 15 is 0 Å². The third-order valence-corrected chi connectivity index (χ3v) is 3.08. The predicted molar refractivity (Wildman–Crippen MR) is 50.3 cm³/mol. The number of nitrogens with one attached hydrogen (secondary N) is 1. The molecule has 0 aromatic rings. The number of nitrogens with two attached hydrogens (primary N) is 1. The van der Waals surface area contributed by atoms with E-state index in [1.807, 2.05) is 4.90 Å². The van der Waals surface area contributed by atoms with Gasteiger partial charge in [0.1, 0.15) is 0 Å². The van der Waals surface area contributed by atoms with Crippen molar-refractivity contribution in [1.82, 2.24) is 10.2 Å². The van der Waals surface area contributed by atoms with Gasteiger partial charge in [0.15, 0.2) is 0 Å². The van der Waals surface area contributed by atoms with E-state index in [0.29, 0.717) is 0 Å². The van der Waals surface area contributed by atoms with Crippen molar-refractivity contribution in [1.29, 1.82) is 0 Å². The van der Waals surface area contributed by atoms with E-state index in [4.69, 9.17) is 5.73 Å². The number of hydrogen-bond acceptors (Lipinski definition) is 2. The Morgan fingerprint density at radius 1 is 1.54 bits per heavy atom. The summed E-state index contributed by atoms with van der Waals surface area (Å²) in [5.41, 5.74) is 5.95. The maximum atomic E-state index is 11.4. The quantitative estimate of drug-likeness (QED) is 0.654. The fraction of sp³-hybridized carbons (Fsp3) is 0.889. The van der Waals surface area contributed by atoms with Crippen molar-refractivity contribution in [2.75, 3.05) is 26.2 Å². The SMILES string of the molecule is NCC1(CN2CCCNC2=O)CC1. The molecule has 0 aromatic heterocycles. The van der Waals surface area contributed by atoms with E-state index in [0.717, 1.165) is 32.6 Å². The molecule has 4 heteroatoms. The molecular formula is C9H17N3O. The van der Waals surface area contributed by atoms with Gasteiger partial charge in [-0.25, -0.2) is 4.79 Å². The van der Waals surface area contributed by atoms with Gasteiger partial charge in [0.05, 0.1) is 0 Å². The fourth-order valence-corrected chi connectivity index (χ4v) is 1.84. The van der Waals surface area contributed by atoms with Crippen LogP contribution >= 0.6 is 0 Å². The van der Waals surface area contributed by atoms with Gasteiger partial charge in [0.2, 0.25) is 0 Å². The first-order valence-corrected chi connectivity index (χ1v) is 4.99.